The van der Waals surface area contributed by atoms with Gasteiger partial charge in [-0.15, -0.1) is 0 Å². The summed E-state index contributed by atoms with van der Waals surface area (Å²) in [5.74, 6) is 2.72. The van der Waals surface area contributed by atoms with E-state index < -0.39 is 0 Å². The Bertz CT molecular complexity index is 440. The smallest absolute Gasteiger partial charge is 0.212 e. The van der Waals surface area contributed by atoms with E-state index in [0.29, 0.717) is 5.88 Å². The largest absolute Gasteiger partial charge is 0.481 e. The second kappa shape index (κ2) is 4.48. The minimum Gasteiger partial charge on any atom is -0.481 e. The molecule has 4 atom stereocenters. The van der Waals surface area contributed by atoms with Crippen LogP contribution in [0.4, 0.5) is 0 Å². The van der Waals surface area contributed by atoms with E-state index in [9.17, 15) is 0 Å². The molecule has 0 radical (unpaired) electrons. The molecule has 0 aromatic carbocycles. The van der Waals surface area contributed by atoms with E-state index in [4.69, 9.17) is 4.74 Å². The van der Waals surface area contributed by atoms with Gasteiger partial charge >= 0.3 is 0 Å². The monoisotopic (exact) mass is 258 g/mol. The van der Waals surface area contributed by atoms with Gasteiger partial charge in [-0.05, 0) is 43.1 Å². The van der Waals surface area contributed by atoms with E-state index in [1.54, 1.807) is 7.11 Å². The third-order valence-corrected chi connectivity index (χ3v) is 5.60. The third-order valence-electron chi connectivity index (χ3n) is 5.60. The molecular formula is C16H22N2O. The Kier molecular flexibility index (Phi) is 2.76. The molecule has 2 saturated heterocycles. The van der Waals surface area contributed by atoms with Gasteiger partial charge in [0.25, 0.3) is 0 Å². The molecular weight excluding hydrogens is 236 g/mol. The molecule has 3 nitrogen and oxygen atoms in total. The van der Waals surface area contributed by atoms with Crippen molar-refractivity contribution in [2.45, 2.75) is 50.7 Å². The first-order valence-corrected chi connectivity index (χ1v) is 7.61. The fourth-order valence-electron chi connectivity index (χ4n) is 4.88. The van der Waals surface area contributed by atoms with Crippen molar-refractivity contribution in [1.29, 1.82) is 0 Å². The number of ether oxygens (including phenoxy) is 1. The van der Waals surface area contributed by atoms with Crippen LogP contribution >= 0.6 is 0 Å². The number of aromatic nitrogens is 1. The number of methoxy groups -OCH3 is 1. The highest BCUT2D eigenvalue weighted by Gasteiger charge is 2.53. The van der Waals surface area contributed by atoms with Crippen LogP contribution in [0.3, 0.4) is 0 Å². The maximum Gasteiger partial charge on any atom is 0.212 e. The molecule has 102 valence electrons. The predicted octanol–water partition coefficient (Wildman–Crippen LogP) is 2.85. The molecule has 3 aliphatic rings. The highest BCUT2D eigenvalue weighted by molar-refractivity contribution is 5.19. The normalized spacial score (nSPS) is 36.7. The van der Waals surface area contributed by atoms with Gasteiger partial charge in [-0.25, -0.2) is 4.98 Å². The molecule has 2 bridgehead atoms. The summed E-state index contributed by atoms with van der Waals surface area (Å²) >= 11 is 0. The number of pyridine rings is 1. The van der Waals surface area contributed by atoms with Crippen LogP contribution in [0.25, 0.3) is 0 Å². The first-order valence-electron chi connectivity index (χ1n) is 7.61. The standard InChI is InChI=1S/C16H22N2O/c1-19-16-8-5-11(9-17-16)10-18-14-6-7-15(18)13-4-2-3-12(13)14/h5,8-9,12-15H,2-4,6-7,10H2,1H3/t12-,13+,14-,15+. The molecule has 2 aliphatic heterocycles. The summed E-state index contributed by atoms with van der Waals surface area (Å²) in [6, 6.07) is 5.87. The van der Waals surface area contributed by atoms with Gasteiger partial charge in [-0.3, -0.25) is 4.90 Å². The van der Waals surface area contributed by atoms with E-state index in [-0.39, 0.29) is 0 Å². The lowest BCUT2D eigenvalue weighted by Gasteiger charge is -2.24. The first kappa shape index (κ1) is 11.7. The Morgan fingerprint density at radius 2 is 1.89 bits per heavy atom. The minimum absolute atomic E-state index is 0.713. The number of hydrogen-bond acceptors (Lipinski definition) is 3. The molecule has 0 unspecified atom stereocenters. The molecule has 0 amide bonds. The minimum atomic E-state index is 0.713. The Morgan fingerprint density at radius 1 is 1.16 bits per heavy atom. The second-order valence-electron chi connectivity index (χ2n) is 6.35. The average Bonchev–Trinajstić information content (AvgIpc) is 3.12. The van der Waals surface area contributed by atoms with Gasteiger partial charge in [-0.1, -0.05) is 12.5 Å². The molecule has 1 aliphatic carbocycles. The van der Waals surface area contributed by atoms with Crippen LogP contribution in [-0.4, -0.2) is 29.1 Å². The summed E-state index contributed by atoms with van der Waals surface area (Å²) in [5, 5.41) is 0. The lowest BCUT2D eigenvalue weighted by atomic mass is 9.82. The van der Waals surface area contributed by atoms with Crippen molar-refractivity contribution in [3.63, 3.8) is 0 Å². The molecule has 1 aromatic rings. The molecule has 19 heavy (non-hydrogen) atoms. The first-order chi connectivity index (χ1) is 9.36. The van der Waals surface area contributed by atoms with Crippen molar-refractivity contribution >= 4 is 0 Å². The third kappa shape index (κ3) is 1.78. The molecule has 0 spiro atoms. The van der Waals surface area contributed by atoms with E-state index in [2.05, 4.69) is 16.0 Å². The highest BCUT2D eigenvalue weighted by atomic mass is 16.5. The van der Waals surface area contributed by atoms with Gasteiger partial charge in [0.1, 0.15) is 0 Å². The lowest BCUT2D eigenvalue weighted by molar-refractivity contribution is 0.216. The van der Waals surface area contributed by atoms with Crippen LogP contribution in [0, 0.1) is 11.8 Å². The van der Waals surface area contributed by atoms with Gasteiger partial charge in [0.15, 0.2) is 0 Å². The van der Waals surface area contributed by atoms with Crippen LogP contribution in [0.1, 0.15) is 37.7 Å². The van der Waals surface area contributed by atoms with Gasteiger partial charge < -0.3 is 4.74 Å². The average molecular weight is 258 g/mol. The topological polar surface area (TPSA) is 25.4 Å². The van der Waals surface area contributed by atoms with Crippen molar-refractivity contribution in [3.8, 4) is 5.88 Å². The van der Waals surface area contributed by atoms with E-state index in [1.807, 2.05) is 12.3 Å². The number of hydrogen-bond donors (Lipinski definition) is 0. The van der Waals surface area contributed by atoms with Crippen molar-refractivity contribution in [2.75, 3.05) is 7.11 Å². The summed E-state index contributed by atoms with van der Waals surface area (Å²) < 4.78 is 5.13. The van der Waals surface area contributed by atoms with Crippen LogP contribution in [-0.2, 0) is 6.54 Å². The highest BCUT2D eigenvalue weighted by Crippen LogP contribution is 2.53. The van der Waals surface area contributed by atoms with Gasteiger partial charge in [-0.2, -0.15) is 0 Å². The fourth-order valence-corrected chi connectivity index (χ4v) is 4.88. The summed E-state index contributed by atoms with van der Waals surface area (Å²) in [5.41, 5.74) is 1.33. The maximum atomic E-state index is 5.13. The van der Waals surface area contributed by atoms with Crippen molar-refractivity contribution in [3.05, 3.63) is 23.9 Å². The molecule has 0 N–H and O–H groups in total. The van der Waals surface area contributed by atoms with Crippen LogP contribution < -0.4 is 4.74 Å². The number of rotatable bonds is 3. The fraction of sp³-hybridized carbons (Fsp3) is 0.688. The van der Waals surface area contributed by atoms with Crippen LogP contribution in [0.2, 0.25) is 0 Å². The quantitative estimate of drug-likeness (QED) is 0.833. The summed E-state index contributed by atoms with van der Waals surface area (Å²) in [4.78, 5) is 7.11. The van der Waals surface area contributed by atoms with Gasteiger partial charge in [0, 0.05) is 30.9 Å². The molecule has 4 rings (SSSR count). The Morgan fingerprint density at radius 3 is 2.47 bits per heavy atom. The van der Waals surface area contributed by atoms with Crippen molar-refractivity contribution in [1.82, 2.24) is 9.88 Å². The SMILES string of the molecule is COc1ccc(CN2[C@@H]3CC[C@H]2[C@H]2CCC[C@H]23)cn1. The molecule has 3 heteroatoms. The van der Waals surface area contributed by atoms with Gasteiger partial charge in [0.05, 0.1) is 7.11 Å². The number of fused-ring (bicyclic) bond motifs is 5. The summed E-state index contributed by atoms with van der Waals surface area (Å²) in [6.45, 7) is 1.08. The molecule has 3 heterocycles. The zero-order chi connectivity index (χ0) is 12.8. The van der Waals surface area contributed by atoms with Crippen molar-refractivity contribution < 1.29 is 4.74 Å². The Balaban J connectivity index is 1.51. The maximum absolute atomic E-state index is 5.13. The van der Waals surface area contributed by atoms with Crippen molar-refractivity contribution in [2.24, 2.45) is 11.8 Å². The zero-order valence-electron chi connectivity index (χ0n) is 11.6. The van der Waals surface area contributed by atoms with Crippen LogP contribution in [0.5, 0.6) is 5.88 Å². The lowest BCUT2D eigenvalue weighted by Crippen LogP contribution is -2.30. The molecule has 3 fully saturated rings. The molecule has 1 saturated carbocycles. The Labute approximate surface area is 115 Å². The Hall–Kier alpha value is -1.09. The van der Waals surface area contributed by atoms with E-state index >= 15 is 0 Å². The summed E-state index contributed by atoms with van der Waals surface area (Å²) in [7, 11) is 1.67. The number of nitrogens with zero attached hydrogens (tertiary/aromatic N) is 2. The van der Waals surface area contributed by atoms with E-state index in [1.165, 1.54) is 37.7 Å². The molecule has 1 aromatic heterocycles. The summed E-state index contributed by atoms with van der Waals surface area (Å²) in [6.07, 6.45) is 9.25. The van der Waals surface area contributed by atoms with E-state index in [0.717, 1.165) is 30.5 Å². The zero-order valence-corrected chi connectivity index (χ0v) is 11.6. The van der Waals surface area contributed by atoms with Crippen LogP contribution in [0.15, 0.2) is 18.3 Å². The van der Waals surface area contributed by atoms with Gasteiger partial charge in [0.2, 0.25) is 5.88 Å². The predicted molar refractivity (Wildman–Crippen MR) is 74.0 cm³/mol. The second-order valence-corrected chi connectivity index (χ2v) is 6.35.